The van der Waals surface area contributed by atoms with Crippen LogP contribution >= 0.6 is 12.4 Å². The van der Waals surface area contributed by atoms with Crippen LogP contribution in [0.1, 0.15) is 17.0 Å². The highest BCUT2D eigenvalue weighted by Gasteiger charge is 2.22. The van der Waals surface area contributed by atoms with Crippen LogP contribution in [0.15, 0.2) is 42.5 Å². The molecule has 0 fully saturated rings. The molecule has 0 aliphatic carbocycles. The summed E-state index contributed by atoms with van der Waals surface area (Å²) in [6.07, 6.45) is 0. The van der Waals surface area contributed by atoms with Crippen molar-refractivity contribution in [3.05, 3.63) is 59.4 Å². The van der Waals surface area contributed by atoms with Crippen molar-refractivity contribution in [2.45, 2.75) is 12.5 Å². The van der Waals surface area contributed by atoms with Crippen molar-refractivity contribution in [1.82, 2.24) is 5.32 Å². The van der Waals surface area contributed by atoms with Gasteiger partial charge in [-0.05, 0) is 41.4 Å². The number of hydrogen-bond acceptors (Lipinski definition) is 2. The van der Waals surface area contributed by atoms with Gasteiger partial charge in [-0.15, -0.1) is 12.4 Å². The zero-order valence-corrected chi connectivity index (χ0v) is 12.8. The first-order chi connectivity index (χ1) is 9.79. The fourth-order valence-electron chi connectivity index (χ4n) is 2.86. The molecule has 1 aliphatic rings. The van der Waals surface area contributed by atoms with Crippen LogP contribution in [0.5, 0.6) is 0 Å². The molecular formula is C17H19ClFNO. The van der Waals surface area contributed by atoms with E-state index in [-0.39, 0.29) is 18.2 Å². The molecule has 3 rings (SSSR count). The summed E-state index contributed by atoms with van der Waals surface area (Å²) in [6.45, 7) is 2.28. The fraction of sp³-hybridized carbons (Fsp3) is 0.294. The van der Waals surface area contributed by atoms with Gasteiger partial charge in [0.2, 0.25) is 0 Å². The molecule has 1 unspecified atom stereocenters. The maximum Gasteiger partial charge on any atom is 0.123 e. The molecule has 0 saturated heterocycles. The first-order valence-electron chi connectivity index (χ1n) is 6.89. The predicted molar refractivity (Wildman–Crippen MR) is 85.4 cm³/mol. The van der Waals surface area contributed by atoms with E-state index in [0.717, 1.165) is 24.3 Å². The van der Waals surface area contributed by atoms with Gasteiger partial charge in [0.1, 0.15) is 5.82 Å². The number of nitrogens with one attached hydrogen (secondary N) is 1. The molecule has 0 aromatic heterocycles. The van der Waals surface area contributed by atoms with Gasteiger partial charge in [0.25, 0.3) is 0 Å². The van der Waals surface area contributed by atoms with Crippen molar-refractivity contribution in [2.75, 3.05) is 20.2 Å². The van der Waals surface area contributed by atoms with Crippen LogP contribution in [0.3, 0.4) is 0 Å². The van der Waals surface area contributed by atoms with Gasteiger partial charge in [-0.1, -0.05) is 30.3 Å². The maximum atomic E-state index is 13.1. The van der Waals surface area contributed by atoms with Gasteiger partial charge in [0.05, 0.1) is 13.2 Å². The molecule has 2 nitrogen and oxygen atoms in total. The van der Waals surface area contributed by atoms with Crippen molar-refractivity contribution in [3.63, 3.8) is 0 Å². The molecule has 0 spiro atoms. The van der Waals surface area contributed by atoms with Crippen LogP contribution < -0.4 is 5.32 Å². The minimum Gasteiger partial charge on any atom is -0.376 e. The Bertz CT molecular complexity index is 600. The Labute approximate surface area is 130 Å². The molecule has 2 aromatic rings. The predicted octanol–water partition coefficient (Wildman–Crippen LogP) is 3.75. The van der Waals surface area contributed by atoms with Crippen molar-refractivity contribution in [1.29, 1.82) is 0 Å². The zero-order chi connectivity index (χ0) is 13.9. The highest BCUT2D eigenvalue weighted by molar-refractivity contribution is 5.85. The maximum absolute atomic E-state index is 13.1. The number of benzene rings is 2. The molecular weight excluding hydrogens is 289 g/mol. The highest BCUT2D eigenvalue weighted by atomic mass is 35.5. The summed E-state index contributed by atoms with van der Waals surface area (Å²) in [7, 11) is 1.96. The SMILES string of the molecule is CNCC1COCc2c(-c3ccc(F)cc3)cccc21.Cl. The lowest BCUT2D eigenvalue weighted by molar-refractivity contribution is 0.0915. The van der Waals surface area contributed by atoms with Gasteiger partial charge in [0.15, 0.2) is 0 Å². The molecule has 4 heteroatoms. The van der Waals surface area contributed by atoms with Crippen molar-refractivity contribution in [2.24, 2.45) is 0 Å². The van der Waals surface area contributed by atoms with Gasteiger partial charge < -0.3 is 10.1 Å². The quantitative estimate of drug-likeness (QED) is 0.932. The van der Waals surface area contributed by atoms with E-state index < -0.39 is 0 Å². The van der Waals surface area contributed by atoms with Crippen LogP contribution in [0.25, 0.3) is 11.1 Å². The lowest BCUT2D eigenvalue weighted by Gasteiger charge is -2.27. The molecule has 1 atom stereocenters. The van der Waals surface area contributed by atoms with E-state index in [1.807, 2.05) is 19.2 Å². The Morgan fingerprint density at radius 1 is 1.19 bits per heavy atom. The second-order valence-electron chi connectivity index (χ2n) is 5.15. The number of ether oxygens (including phenoxy) is 1. The Kier molecular flexibility index (Phi) is 5.34. The van der Waals surface area contributed by atoms with Crippen LogP contribution in [0.4, 0.5) is 4.39 Å². The third-order valence-electron chi connectivity index (χ3n) is 3.82. The Morgan fingerprint density at radius 3 is 2.67 bits per heavy atom. The van der Waals surface area contributed by atoms with E-state index in [4.69, 9.17) is 4.74 Å². The summed E-state index contributed by atoms with van der Waals surface area (Å²) in [5.41, 5.74) is 4.75. The summed E-state index contributed by atoms with van der Waals surface area (Å²) in [4.78, 5) is 0. The zero-order valence-electron chi connectivity index (χ0n) is 11.9. The number of rotatable bonds is 3. The monoisotopic (exact) mass is 307 g/mol. The van der Waals surface area contributed by atoms with E-state index in [9.17, 15) is 4.39 Å². The van der Waals surface area contributed by atoms with Crippen LogP contribution in [0, 0.1) is 5.82 Å². The minimum atomic E-state index is -0.206. The van der Waals surface area contributed by atoms with E-state index in [1.54, 1.807) is 0 Å². The standard InChI is InChI=1S/C17H18FNO.ClH/c1-19-9-13-10-20-11-17-15(3-2-4-16(13)17)12-5-7-14(18)8-6-12;/h2-8,13,19H,9-11H2,1H3;1H. The fourth-order valence-corrected chi connectivity index (χ4v) is 2.86. The lowest BCUT2D eigenvalue weighted by Crippen LogP contribution is -2.26. The van der Waals surface area contributed by atoms with Gasteiger partial charge in [0, 0.05) is 12.5 Å². The molecule has 1 aliphatic heterocycles. The van der Waals surface area contributed by atoms with E-state index in [2.05, 4.69) is 23.5 Å². The van der Waals surface area contributed by atoms with Crippen molar-refractivity contribution < 1.29 is 9.13 Å². The smallest absolute Gasteiger partial charge is 0.123 e. The first-order valence-corrected chi connectivity index (χ1v) is 6.89. The minimum absolute atomic E-state index is 0. The molecule has 1 heterocycles. The largest absolute Gasteiger partial charge is 0.376 e. The summed E-state index contributed by atoms with van der Waals surface area (Å²) in [5, 5.41) is 3.22. The third-order valence-corrected chi connectivity index (χ3v) is 3.82. The summed E-state index contributed by atoms with van der Waals surface area (Å²) >= 11 is 0. The average molecular weight is 308 g/mol. The second kappa shape index (κ2) is 7.03. The van der Waals surface area contributed by atoms with Crippen molar-refractivity contribution >= 4 is 12.4 Å². The molecule has 0 bridgehead atoms. The molecule has 1 N–H and O–H groups in total. The van der Waals surface area contributed by atoms with Crippen molar-refractivity contribution in [3.8, 4) is 11.1 Å². The number of fused-ring (bicyclic) bond motifs is 1. The van der Waals surface area contributed by atoms with E-state index >= 15 is 0 Å². The topological polar surface area (TPSA) is 21.3 Å². The van der Waals surface area contributed by atoms with Gasteiger partial charge in [-0.2, -0.15) is 0 Å². The average Bonchev–Trinajstić information content (AvgIpc) is 2.48. The van der Waals surface area contributed by atoms with Gasteiger partial charge in [-0.3, -0.25) is 0 Å². The normalized spacial score (nSPS) is 17.0. The van der Waals surface area contributed by atoms with Gasteiger partial charge >= 0.3 is 0 Å². The summed E-state index contributed by atoms with van der Waals surface area (Å²) in [5.74, 6) is 0.173. The van der Waals surface area contributed by atoms with E-state index in [1.165, 1.54) is 23.3 Å². The molecule has 2 aromatic carbocycles. The number of hydrogen-bond donors (Lipinski definition) is 1. The second-order valence-corrected chi connectivity index (χ2v) is 5.15. The number of likely N-dealkylation sites (N-methyl/N-ethyl adjacent to an activating group) is 1. The number of halogens is 2. The lowest BCUT2D eigenvalue weighted by atomic mass is 9.87. The Balaban J connectivity index is 0.00000161. The third kappa shape index (κ3) is 3.26. The Morgan fingerprint density at radius 2 is 1.95 bits per heavy atom. The van der Waals surface area contributed by atoms with Gasteiger partial charge in [-0.25, -0.2) is 4.39 Å². The Hall–Kier alpha value is -1.42. The van der Waals surface area contributed by atoms with E-state index in [0.29, 0.717) is 12.5 Å². The molecule has 112 valence electrons. The first kappa shape index (κ1) is 16.0. The summed E-state index contributed by atoms with van der Waals surface area (Å²) in [6, 6.07) is 13.0. The van der Waals surface area contributed by atoms with Crippen LogP contribution in [0.2, 0.25) is 0 Å². The van der Waals surface area contributed by atoms with Crippen LogP contribution in [-0.4, -0.2) is 20.2 Å². The molecule has 0 saturated carbocycles. The van der Waals surface area contributed by atoms with Crippen LogP contribution in [-0.2, 0) is 11.3 Å². The molecule has 21 heavy (non-hydrogen) atoms. The highest BCUT2D eigenvalue weighted by Crippen LogP contribution is 2.34. The molecule has 0 amide bonds. The summed E-state index contributed by atoms with van der Waals surface area (Å²) < 4.78 is 18.8. The molecule has 0 radical (unpaired) electrons.